The lowest BCUT2D eigenvalue weighted by molar-refractivity contribution is -0.394. The van der Waals surface area contributed by atoms with Crippen LogP contribution in [0.5, 0.6) is 0 Å². The molecule has 0 fully saturated rings. The minimum atomic E-state index is -0.730. The van der Waals surface area contributed by atoms with E-state index in [4.69, 9.17) is 14.2 Å². The minimum Gasteiger partial charge on any atom is -0.463 e. The van der Waals surface area contributed by atoms with Crippen molar-refractivity contribution in [2.45, 2.75) is 26.6 Å². The number of esters is 2. The molecule has 1 heterocycles. The van der Waals surface area contributed by atoms with E-state index in [2.05, 4.69) is 15.2 Å². The quantitative estimate of drug-likeness (QED) is 0.389. The Balaban J connectivity index is 2.51. The highest BCUT2D eigenvalue weighted by Crippen LogP contribution is 2.05. The molecule has 1 N–H and O–H groups in total. The smallest absolute Gasteiger partial charge is 0.453 e. The zero-order valence-corrected chi connectivity index (χ0v) is 11.4. The van der Waals surface area contributed by atoms with Crippen molar-refractivity contribution < 1.29 is 28.7 Å². The average Bonchev–Trinajstić information content (AvgIpc) is 2.86. The lowest BCUT2D eigenvalue weighted by Crippen LogP contribution is -2.27. The zero-order chi connectivity index (χ0) is 15.8. The van der Waals surface area contributed by atoms with Crippen LogP contribution in [0, 0.1) is 10.1 Å². The third-order valence-electron chi connectivity index (χ3n) is 2.09. The number of ether oxygens (including phenoxy) is 3. The van der Waals surface area contributed by atoms with Gasteiger partial charge in [0.1, 0.15) is 25.9 Å². The largest absolute Gasteiger partial charge is 0.463 e. The minimum absolute atomic E-state index is 0.0531. The molecular formula is C10H14N4O7. The number of hydrogen-bond donors (Lipinski definition) is 1. The molecule has 21 heavy (non-hydrogen) atoms. The number of nitrogens with zero attached hydrogens (tertiary/aromatic N) is 3. The van der Waals surface area contributed by atoms with Crippen molar-refractivity contribution in [3.05, 3.63) is 15.9 Å². The van der Waals surface area contributed by atoms with E-state index in [0.29, 0.717) is 0 Å². The molecule has 0 atom stereocenters. The van der Waals surface area contributed by atoms with Gasteiger partial charge in [-0.3, -0.25) is 9.59 Å². The van der Waals surface area contributed by atoms with E-state index in [1.54, 1.807) is 0 Å². The fraction of sp³-hybridized carbons (Fsp3) is 0.600. The third-order valence-corrected chi connectivity index (χ3v) is 2.09. The maximum atomic E-state index is 10.7. The first-order valence-electron chi connectivity index (χ1n) is 5.82. The number of nitrogens with one attached hydrogen (secondary N) is 1. The summed E-state index contributed by atoms with van der Waals surface area (Å²) in [7, 11) is 0. The van der Waals surface area contributed by atoms with Gasteiger partial charge in [-0.2, -0.15) is 0 Å². The van der Waals surface area contributed by atoms with E-state index < -0.39 is 28.9 Å². The van der Waals surface area contributed by atoms with Crippen LogP contribution in [0.4, 0.5) is 5.95 Å². The number of aromatic amines is 1. The molecule has 0 aliphatic heterocycles. The molecular weight excluding hydrogens is 288 g/mol. The predicted octanol–water partition coefficient (Wildman–Crippen LogP) is -0.276. The Morgan fingerprint density at radius 2 is 1.86 bits per heavy atom. The summed E-state index contributed by atoms with van der Waals surface area (Å²) < 4.78 is 14.8. The van der Waals surface area contributed by atoms with Gasteiger partial charge in [-0.05, 0) is 9.91 Å². The Hall–Kier alpha value is -2.56. The van der Waals surface area contributed by atoms with Gasteiger partial charge in [0.05, 0.1) is 0 Å². The van der Waals surface area contributed by atoms with Crippen molar-refractivity contribution in [1.82, 2.24) is 15.2 Å². The Labute approximate surface area is 118 Å². The number of carbonyl (C=O) groups is 2. The summed E-state index contributed by atoms with van der Waals surface area (Å²) in [6.45, 7) is 2.02. The number of rotatable bonds is 8. The maximum Gasteiger partial charge on any atom is 0.453 e. The summed E-state index contributed by atoms with van der Waals surface area (Å²) in [4.78, 5) is 34.8. The number of H-pyrrole nitrogens is 1. The highest BCUT2D eigenvalue weighted by molar-refractivity contribution is 5.66. The molecule has 0 amide bonds. The van der Waals surface area contributed by atoms with E-state index >= 15 is 0 Å². The summed E-state index contributed by atoms with van der Waals surface area (Å²) in [6, 6.07) is 0. The standard InChI is InChI=1S/C10H14N4O7/c1-6(15)19-3-8(4-20-7(2)16)21-5-9-11-10(13-12-9)14(17)18/h8H,3-5H2,1-2H3,(H,11,12,13). The fourth-order valence-electron chi connectivity index (χ4n) is 1.19. The molecule has 0 bridgehead atoms. The molecule has 11 nitrogen and oxygen atoms in total. The van der Waals surface area contributed by atoms with E-state index in [0.717, 1.165) is 0 Å². The van der Waals surface area contributed by atoms with Crippen molar-refractivity contribution in [1.29, 1.82) is 0 Å². The second-order valence-electron chi connectivity index (χ2n) is 3.87. The summed E-state index contributed by atoms with van der Waals surface area (Å²) in [6.07, 6.45) is -0.727. The molecule has 0 aliphatic carbocycles. The molecule has 0 unspecified atom stereocenters. The number of hydrogen-bond acceptors (Lipinski definition) is 9. The van der Waals surface area contributed by atoms with Crippen molar-refractivity contribution in [2.24, 2.45) is 0 Å². The van der Waals surface area contributed by atoms with Gasteiger partial charge >= 0.3 is 17.9 Å². The zero-order valence-electron chi connectivity index (χ0n) is 11.4. The third kappa shape index (κ3) is 6.42. The number of aromatic nitrogens is 3. The van der Waals surface area contributed by atoms with Gasteiger partial charge in [-0.25, -0.2) is 0 Å². The first-order valence-corrected chi connectivity index (χ1v) is 5.82. The first-order chi connectivity index (χ1) is 9.88. The molecule has 11 heteroatoms. The van der Waals surface area contributed by atoms with E-state index in [-0.39, 0.29) is 25.6 Å². The van der Waals surface area contributed by atoms with Crippen LogP contribution in [0.15, 0.2) is 0 Å². The maximum absolute atomic E-state index is 10.7. The van der Waals surface area contributed by atoms with Gasteiger partial charge in [0, 0.05) is 13.8 Å². The Morgan fingerprint density at radius 3 is 2.29 bits per heavy atom. The van der Waals surface area contributed by atoms with Gasteiger partial charge in [-0.15, -0.1) is 5.10 Å². The van der Waals surface area contributed by atoms with Gasteiger partial charge < -0.3 is 24.3 Å². The van der Waals surface area contributed by atoms with E-state index in [1.807, 2.05) is 0 Å². The summed E-state index contributed by atoms with van der Waals surface area (Å²) in [5.74, 6) is -1.48. The molecule has 0 radical (unpaired) electrons. The highest BCUT2D eigenvalue weighted by atomic mass is 16.6. The van der Waals surface area contributed by atoms with E-state index in [1.165, 1.54) is 13.8 Å². The normalized spacial score (nSPS) is 10.4. The molecule has 0 spiro atoms. The molecule has 116 valence electrons. The van der Waals surface area contributed by atoms with Crippen molar-refractivity contribution >= 4 is 17.9 Å². The topological polar surface area (TPSA) is 147 Å². The molecule has 1 rings (SSSR count). The Morgan fingerprint density at radius 1 is 1.29 bits per heavy atom. The number of carbonyl (C=O) groups excluding carboxylic acids is 2. The number of nitro groups is 1. The van der Waals surface area contributed by atoms with Crippen LogP contribution in [-0.4, -0.2) is 51.4 Å². The van der Waals surface area contributed by atoms with Gasteiger partial charge in [0.15, 0.2) is 0 Å². The van der Waals surface area contributed by atoms with Crippen molar-refractivity contribution in [2.75, 3.05) is 13.2 Å². The summed E-state index contributed by atoms with van der Waals surface area (Å²) in [5.41, 5.74) is 0. The molecule has 1 aromatic heterocycles. The van der Waals surface area contributed by atoms with Crippen LogP contribution < -0.4 is 0 Å². The first kappa shape index (κ1) is 16.5. The van der Waals surface area contributed by atoms with E-state index in [9.17, 15) is 19.7 Å². The van der Waals surface area contributed by atoms with Gasteiger partial charge in [0.25, 0.3) is 5.82 Å². The van der Waals surface area contributed by atoms with Crippen LogP contribution in [-0.2, 0) is 30.4 Å². The van der Waals surface area contributed by atoms with Crippen LogP contribution in [0.25, 0.3) is 0 Å². The van der Waals surface area contributed by atoms with Crippen molar-refractivity contribution in [3.63, 3.8) is 0 Å². The average molecular weight is 302 g/mol. The monoisotopic (exact) mass is 302 g/mol. The fourth-order valence-corrected chi connectivity index (χ4v) is 1.19. The van der Waals surface area contributed by atoms with Gasteiger partial charge in [-0.1, -0.05) is 5.10 Å². The SMILES string of the molecule is CC(=O)OCC(COC(C)=O)OCc1n[nH]c([N+](=O)[O-])n1. The predicted molar refractivity (Wildman–Crippen MR) is 64.9 cm³/mol. The van der Waals surface area contributed by atoms with Gasteiger partial charge in [0.2, 0.25) is 0 Å². The highest BCUT2D eigenvalue weighted by Gasteiger charge is 2.18. The van der Waals surface area contributed by atoms with Crippen LogP contribution in [0.3, 0.4) is 0 Å². The molecule has 0 saturated heterocycles. The van der Waals surface area contributed by atoms with Crippen LogP contribution in [0.2, 0.25) is 0 Å². The molecule has 0 saturated carbocycles. The van der Waals surface area contributed by atoms with Crippen LogP contribution >= 0.6 is 0 Å². The Bertz CT molecular complexity index is 497. The summed E-state index contributed by atoms with van der Waals surface area (Å²) in [5, 5.41) is 16.1. The van der Waals surface area contributed by atoms with Crippen molar-refractivity contribution in [3.8, 4) is 0 Å². The van der Waals surface area contributed by atoms with Crippen LogP contribution in [0.1, 0.15) is 19.7 Å². The molecule has 0 aromatic carbocycles. The Kier molecular flexibility index (Phi) is 6.20. The molecule has 0 aliphatic rings. The second-order valence-corrected chi connectivity index (χ2v) is 3.87. The molecule has 1 aromatic rings. The lowest BCUT2D eigenvalue weighted by Gasteiger charge is -2.15. The summed E-state index contributed by atoms with van der Waals surface area (Å²) >= 11 is 0. The second kappa shape index (κ2) is 7.89. The lowest BCUT2D eigenvalue weighted by atomic mass is 10.4.